The van der Waals surface area contributed by atoms with Crippen LogP contribution in [0, 0.1) is 0 Å². The van der Waals surface area contributed by atoms with Gasteiger partial charge in [-0.05, 0) is 42.8 Å². The molecule has 1 atom stereocenters. The quantitative estimate of drug-likeness (QED) is 0.718. The number of Topliss-reactive ketones (excluding diaryl/α,β-unsaturated/α-hetero) is 1. The number of ether oxygens (including phenoxy) is 4. The van der Waals surface area contributed by atoms with Gasteiger partial charge in [0, 0.05) is 12.1 Å². The largest absolute Gasteiger partial charge is 0.484 e. The Hall–Kier alpha value is -3.52. The molecule has 2 heterocycles. The Morgan fingerprint density at radius 1 is 1.21 bits per heavy atom. The van der Waals surface area contributed by atoms with Crippen LogP contribution in [-0.4, -0.2) is 42.8 Å². The number of fused-ring (bicyclic) bond motifs is 2. The molecule has 2 aliphatic heterocycles. The molecule has 29 heavy (non-hydrogen) atoms. The zero-order chi connectivity index (χ0) is 20.4. The standard InChI is InChI=1S/C21H19NO7/c1-12(9-23)22-20(24)10-26-14-3-4-15-17(8-14)29-19(21(15)25)7-13-2-5-16-18(6-13)28-11-27-16/h2-8,12,23H,9-11H2,1H3,(H,22,24). The normalized spacial score (nSPS) is 16.3. The Bertz CT molecular complexity index is 999. The number of hydrogen-bond acceptors (Lipinski definition) is 7. The molecule has 8 nitrogen and oxygen atoms in total. The molecule has 1 amide bonds. The summed E-state index contributed by atoms with van der Waals surface area (Å²) in [6, 6.07) is 9.77. The lowest BCUT2D eigenvalue weighted by Gasteiger charge is -2.11. The molecule has 2 aliphatic rings. The molecule has 0 spiro atoms. The zero-order valence-corrected chi connectivity index (χ0v) is 15.6. The molecule has 8 heteroatoms. The summed E-state index contributed by atoms with van der Waals surface area (Å²) in [7, 11) is 0. The maximum Gasteiger partial charge on any atom is 0.258 e. The van der Waals surface area contributed by atoms with Gasteiger partial charge in [-0.25, -0.2) is 0 Å². The molecule has 0 saturated heterocycles. The molecule has 0 aliphatic carbocycles. The highest BCUT2D eigenvalue weighted by Gasteiger charge is 2.28. The summed E-state index contributed by atoms with van der Waals surface area (Å²) in [5, 5.41) is 11.5. The first kappa shape index (κ1) is 18.8. The number of benzene rings is 2. The summed E-state index contributed by atoms with van der Waals surface area (Å²) in [5.74, 6) is 1.63. The average molecular weight is 397 g/mol. The van der Waals surface area contributed by atoms with E-state index in [9.17, 15) is 9.59 Å². The second-order valence-corrected chi connectivity index (χ2v) is 6.65. The predicted octanol–water partition coefficient (Wildman–Crippen LogP) is 1.91. The number of aliphatic hydroxyl groups excluding tert-OH is 1. The average Bonchev–Trinajstić information content (AvgIpc) is 3.30. The molecule has 0 bridgehead atoms. The van der Waals surface area contributed by atoms with Gasteiger partial charge in [0.05, 0.1) is 12.2 Å². The van der Waals surface area contributed by atoms with E-state index in [-0.39, 0.29) is 43.5 Å². The van der Waals surface area contributed by atoms with Crippen molar-refractivity contribution in [2.24, 2.45) is 0 Å². The van der Waals surface area contributed by atoms with Gasteiger partial charge in [-0.1, -0.05) is 6.07 Å². The monoisotopic (exact) mass is 397 g/mol. The van der Waals surface area contributed by atoms with Gasteiger partial charge in [0.25, 0.3) is 5.91 Å². The number of hydrogen-bond donors (Lipinski definition) is 2. The van der Waals surface area contributed by atoms with E-state index in [4.69, 9.17) is 24.1 Å². The van der Waals surface area contributed by atoms with Crippen molar-refractivity contribution in [2.75, 3.05) is 20.0 Å². The van der Waals surface area contributed by atoms with Crippen molar-refractivity contribution in [3.63, 3.8) is 0 Å². The molecule has 0 saturated carbocycles. The lowest BCUT2D eigenvalue weighted by molar-refractivity contribution is -0.124. The van der Waals surface area contributed by atoms with E-state index in [1.807, 2.05) is 0 Å². The fraction of sp³-hybridized carbons (Fsp3) is 0.238. The molecular weight excluding hydrogens is 378 g/mol. The smallest absolute Gasteiger partial charge is 0.258 e. The van der Waals surface area contributed by atoms with Gasteiger partial charge in [0.15, 0.2) is 23.9 Å². The van der Waals surface area contributed by atoms with Crippen LogP contribution >= 0.6 is 0 Å². The van der Waals surface area contributed by atoms with E-state index in [2.05, 4.69) is 5.32 Å². The number of ketones is 1. The Labute approximate surface area is 166 Å². The number of nitrogens with one attached hydrogen (secondary N) is 1. The Morgan fingerprint density at radius 3 is 2.86 bits per heavy atom. The van der Waals surface area contributed by atoms with E-state index in [0.29, 0.717) is 28.6 Å². The third-order valence-corrected chi connectivity index (χ3v) is 4.39. The first-order valence-electron chi connectivity index (χ1n) is 9.04. The van der Waals surface area contributed by atoms with E-state index < -0.39 is 0 Å². The molecule has 0 radical (unpaired) electrons. The zero-order valence-electron chi connectivity index (χ0n) is 15.6. The predicted molar refractivity (Wildman–Crippen MR) is 102 cm³/mol. The molecule has 2 aromatic rings. The number of rotatable bonds is 6. The second-order valence-electron chi connectivity index (χ2n) is 6.65. The van der Waals surface area contributed by atoms with Gasteiger partial charge >= 0.3 is 0 Å². The second kappa shape index (κ2) is 7.84. The highest BCUT2D eigenvalue weighted by Crippen LogP contribution is 2.37. The van der Waals surface area contributed by atoms with Gasteiger partial charge in [-0.15, -0.1) is 0 Å². The Balaban J connectivity index is 1.45. The molecule has 2 aromatic carbocycles. The summed E-state index contributed by atoms with van der Waals surface area (Å²) in [4.78, 5) is 24.3. The summed E-state index contributed by atoms with van der Waals surface area (Å²) in [5.41, 5.74) is 1.17. The van der Waals surface area contributed by atoms with Crippen molar-refractivity contribution in [1.82, 2.24) is 5.32 Å². The minimum absolute atomic E-state index is 0.154. The summed E-state index contributed by atoms with van der Waals surface area (Å²) >= 11 is 0. The summed E-state index contributed by atoms with van der Waals surface area (Å²) in [6.45, 7) is 1.49. The van der Waals surface area contributed by atoms with Crippen molar-refractivity contribution in [3.05, 3.63) is 53.3 Å². The van der Waals surface area contributed by atoms with E-state index in [1.54, 1.807) is 49.4 Å². The van der Waals surface area contributed by atoms with Crippen LogP contribution in [0.2, 0.25) is 0 Å². The molecule has 4 rings (SSSR count). The van der Waals surface area contributed by atoms with Crippen LogP contribution in [0.3, 0.4) is 0 Å². The van der Waals surface area contributed by atoms with Crippen molar-refractivity contribution in [3.8, 4) is 23.0 Å². The SMILES string of the molecule is CC(CO)NC(=O)COc1ccc2c(c1)OC(=Cc1ccc3c(c1)OCO3)C2=O. The topological polar surface area (TPSA) is 103 Å². The molecule has 0 fully saturated rings. The van der Waals surface area contributed by atoms with Gasteiger partial charge in [0.1, 0.15) is 11.5 Å². The molecule has 150 valence electrons. The van der Waals surface area contributed by atoms with E-state index in [1.165, 1.54) is 0 Å². The van der Waals surface area contributed by atoms with Crippen molar-refractivity contribution in [1.29, 1.82) is 0 Å². The number of amides is 1. The lowest BCUT2D eigenvalue weighted by atomic mass is 10.1. The van der Waals surface area contributed by atoms with Crippen molar-refractivity contribution in [2.45, 2.75) is 13.0 Å². The van der Waals surface area contributed by atoms with Crippen LogP contribution in [0.25, 0.3) is 6.08 Å². The van der Waals surface area contributed by atoms with Gasteiger partial charge in [0.2, 0.25) is 12.6 Å². The Morgan fingerprint density at radius 2 is 2.03 bits per heavy atom. The van der Waals surface area contributed by atoms with Crippen LogP contribution in [0.15, 0.2) is 42.2 Å². The lowest BCUT2D eigenvalue weighted by Crippen LogP contribution is -2.38. The molecule has 2 N–H and O–H groups in total. The summed E-state index contributed by atoms with van der Waals surface area (Å²) in [6.07, 6.45) is 1.63. The van der Waals surface area contributed by atoms with E-state index >= 15 is 0 Å². The fourth-order valence-electron chi connectivity index (χ4n) is 2.92. The fourth-order valence-corrected chi connectivity index (χ4v) is 2.92. The number of carbonyl (C=O) groups excluding carboxylic acids is 2. The van der Waals surface area contributed by atoms with Crippen molar-refractivity contribution < 1.29 is 33.6 Å². The van der Waals surface area contributed by atoms with E-state index in [0.717, 1.165) is 5.56 Å². The molecule has 0 aromatic heterocycles. The van der Waals surface area contributed by atoms with Crippen LogP contribution in [0.5, 0.6) is 23.0 Å². The van der Waals surface area contributed by atoms with Gasteiger partial charge in [-0.2, -0.15) is 0 Å². The number of carbonyl (C=O) groups is 2. The minimum Gasteiger partial charge on any atom is -0.484 e. The first-order valence-corrected chi connectivity index (χ1v) is 9.04. The van der Waals surface area contributed by atoms with Crippen LogP contribution < -0.4 is 24.3 Å². The third-order valence-electron chi connectivity index (χ3n) is 4.39. The highest BCUT2D eigenvalue weighted by atomic mass is 16.7. The highest BCUT2D eigenvalue weighted by molar-refractivity contribution is 6.14. The maximum atomic E-state index is 12.6. The number of allylic oxidation sites excluding steroid dienone is 1. The van der Waals surface area contributed by atoms with Gasteiger partial charge in [-0.3, -0.25) is 9.59 Å². The van der Waals surface area contributed by atoms with Gasteiger partial charge < -0.3 is 29.4 Å². The number of aliphatic hydroxyl groups is 1. The van der Waals surface area contributed by atoms with Crippen LogP contribution in [-0.2, 0) is 4.79 Å². The maximum absolute atomic E-state index is 12.6. The molecular formula is C21H19NO7. The first-order chi connectivity index (χ1) is 14.0. The molecule has 1 unspecified atom stereocenters. The third kappa shape index (κ3) is 4.02. The van der Waals surface area contributed by atoms with Crippen LogP contribution in [0.4, 0.5) is 0 Å². The minimum atomic E-state index is -0.354. The summed E-state index contributed by atoms with van der Waals surface area (Å²) < 4.78 is 21.8. The van der Waals surface area contributed by atoms with Crippen LogP contribution in [0.1, 0.15) is 22.8 Å². The Kier molecular flexibility index (Phi) is 5.09. The van der Waals surface area contributed by atoms with Crippen molar-refractivity contribution >= 4 is 17.8 Å².